The van der Waals surface area contributed by atoms with Crippen molar-refractivity contribution in [3.8, 4) is 45.8 Å². The molecule has 6 N–H and O–H groups in total. The van der Waals surface area contributed by atoms with Gasteiger partial charge in [0.15, 0.2) is 28.8 Å². The molecule has 0 saturated heterocycles. The molecule has 1 heterocycles. The largest absolute Gasteiger partial charge is 0.507 e. The van der Waals surface area contributed by atoms with E-state index >= 15 is 0 Å². The molecular formula is C15H10O11S. The van der Waals surface area contributed by atoms with Crippen molar-refractivity contribution in [2.75, 3.05) is 0 Å². The van der Waals surface area contributed by atoms with Crippen LogP contribution in [-0.4, -0.2) is 38.5 Å². The average Bonchev–Trinajstić information content (AvgIpc) is 2.53. The highest BCUT2D eigenvalue weighted by Gasteiger charge is 2.22. The number of phenolic OH excluding ortho intramolecular Hbond substituents is 4. The zero-order chi connectivity index (χ0) is 20.1. The molecule has 3 rings (SSSR count). The van der Waals surface area contributed by atoms with Gasteiger partial charge in [-0.05, 0) is 12.1 Å². The standard InChI is InChI=1S/C15H10O11S/c16-7-3-6(26-27(22,23)24)4-10-11(7)13(20)14(21)15(25-10)5-1-8(17)12(19)9(18)2-5/h1-4,16-19,21H,(H,22,23,24). The highest BCUT2D eigenvalue weighted by molar-refractivity contribution is 7.81. The zero-order valence-electron chi connectivity index (χ0n) is 12.9. The molecule has 0 aliphatic heterocycles. The van der Waals surface area contributed by atoms with Crippen molar-refractivity contribution in [2.45, 2.75) is 0 Å². The van der Waals surface area contributed by atoms with Gasteiger partial charge in [0.1, 0.15) is 16.7 Å². The summed E-state index contributed by atoms with van der Waals surface area (Å²) in [5.41, 5.74) is -1.78. The van der Waals surface area contributed by atoms with Crippen molar-refractivity contribution >= 4 is 21.4 Å². The van der Waals surface area contributed by atoms with Gasteiger partial charge in [-0.25, -0.2) is 0 Å². The van der Waals surface area contributed by atoms with E-state index in [4.69, 9.17) is 8.97 Å². The number of fused-ring (bicyclic) bond motifs is 1. The Bertz CT molecular complexity index is 1220. The van der Waals surface area contributed by atoms with Gasteiger partial charge in [-0.3, -0.25) is 9.35 Å². The van der Waals surface area contributed by atoms with Crippen LogP contribution in [0.3, 0.4) is 0 Å². The van der Waals surface area contributed by atoms with Crippen LogP contribution in [0.5, 0.6) is 34.5 Å². The van der Waals surface area contributed by atoms with E-state index in [9.17, 15) is 38.7 Å². The predicted octanol–water partition coefficient (Wildman–Crippen LogP) is 1.17. The summed E-state index contributed by atoms with van der Waals surface area (Å²) in [5.74, 6) is -5.37. The molecule has 1 aromatic heterocycles. The summed E-state index contributed by atoms with van der Waals surface area (Å²) in [5, 5.41) is 47.9. The molecule has 11 nitrogen and oxygen atoms in total. The molecule has 3 aromatic rings. The summed E-state index contributed by atoms with van der Waals surface area (Å²) in [6.45, 7) is 0. The van der Waals surface area contributed by atoms with E-state index in [-0.39, 0.29) is 5.56 Å². The molecule has 0 bridgehead atoms. The number of hydrogen-bond donors (Lipinski definition) is 6. The topological polar surface area (TPSA) is 195 Å². The summed E-state index contributed by atoms with van der Waals surface area (Å²) in [6, 6.07) is 3.28. The summed E-state index contributed by atoms with van der Waals surface area (Å²) in [7, 11) is -4.93. The second kappa shape index (κ2) is 5.96. The maximum absolute atomic E-state index is 12.3. The van der Waals surface area contributed by atoms with Crippen molar-refractivity contribution in [1.82, 2.24) is 0 Å². The smallest absolute Gasteiger partial charge is 0.446 e. The Labute approximate surface area is 149 Å². The van der Waals surface area contributed by atoms with E-state index in [2.05, 4.69) is 4.18 Å². The maximum atomic E-state index is 12.3. The highest BCUT2D eigenvalue weighted by Crippen LogP contribution is 2.42. The summed E-state index contributed by atoms with van der Waals surface area (Å²) in [4.78, 5) is 12.3. The van der Waals surface area contributed by atoms with Crippen LogP contribution in [0.4, 0.5) is 0 Å². The zero-order valence-corrected chi connectivity index (χ0v) is 13.8. The number of rotatable bonds is 3. The van der Waals surface area contributed by atoms with E-state index in [1.54, 1.807) is 0 Å². The van der Waals surface area contributed by atoms with Crippen molar-refractivity contribution in [3.63, 3.8) is 0 Å². The van der Waals surface area contributed by atoms with Gasteiger partial charge in [-0.15, -0.1) is 0 Å². The summed E-state index contributed by atoms with van der Waals surface area (Å²) >= 11 is 0. The SMILES string of the molecule is O=c1c(O)c(-c2cc(O)c(O)c(O)c2)oc2cc(OS(=O)(=O)O)cc(O)c12. The molecule has 0 aliphatic rings. The van der Waals surface area contributed by atoms with Crippen LogP contribution >= 0.6 is 0 Å². The normalized spacial score (nSPS) is 11.6. The minimum Gasteiger partial charge on any atom is -0.507 e. The third-order valence-electron chi connectivity index (χ3n) is 3.46. The first-order valence-electron chi connectivity index (χ1n) is 6.93. The Morgan fingerprint density at radius 2 is 1.44 bits per heavy atom. The third kappa shape index (κ3) is 3.26. The number of hydrogen-bond acceptors (Lipinski definition) is 10. The lowest BCUT2D eigenvalue weighted by atomic mass is 10.1. The predicted molar refractivity (Wildman–Crippen MR) is 88.4 cm³/mol. The van der Waals surface area contributed by atoms with Crippen molar-refractivity contribution in [1.29, 1.82) is 0 Å². The van der Waals surface area contributed by atoms with Crippen molar-refractivity contribution in [3.05, 3.63) is 34.5 Å². The summed E-state index contributed by atoms with van der Waals surface area (Å²) < 4.78 is 39.8. The van der Waals surface area contributed by atoms with Gasteiger partial charge in [-0.2, -0.15) is 8.42 Å². The van der Waals surface area contributed by atoms with Crippen LogP contribution in [0.25, 0.3) is 22.3 Å². The van der Waals surface area contributed by atoms with Gasteiger partial charge in [0, 0.05) is 17.7 Å². The minimum atomic E-state index is -4.93. The monoisotopic (exact) mass is 398 g/mol. The van der Waals surface area contributed by atoms with Crippen LogP contribution in [0, 0.1) is 0 Å². The molecule has 2 aromatic carbocycles. The number of aromatic hydroxyl groups is 5. The first-order valence-corrected chi connectivity index (χ1v) is 8.29. The van der Waals surface area contributed by atoms with Crippen LogP contribution in [-0.2, 0) is 10.4 Å². The van der Waals surface area contributed by atoms with Gasteiger partial charge in [0.2, 0.25) is 11.2 Å². The fourth-order valence-electron chi connectivity index (χ4n) is 2.37. The Morgan fingerprint density at radius 1 is 0.852 bits per heavy atom. The van der Waals surface area contributed by atoms with Crippen LogP contribution in [0.1, 0.15) is 0 Å². The second-order valence-electron chi connectivity index (χ2n) is 5.30. The van der Waals surface area contributed by atoms with E-state index in [1.165, 1.54) is 0 Å². The molecule has 0 fully saturated rings. The molecule has 142 valence electrons. The molecule has 0 amide bonds. The first kappa shape index (κ1) is 18.2. The van der Waals surface area contributed by atoms with Crippen LogP contribution < -0.4 is 9.61 Å². The number of benzene rings is 2. The Morgan fingerprint density at radius 3 is 2.00 bits per heavy atom. The van der Waals surface area contributed by atoms with Gasteiger partial charge >= 0.3 is 10.4 Å². The fraction of sp³-hybridized carbons (Fsp3) is 0. The van der Waals surface area contributed by atoms with Gasteiger partial charge < -0.3 is 34.1 Å². The Hall–Kier alpha value is -3.64. The third-order valence-corrected chi connectivity index (χ3v) is 3.86. The minimum absolute atomic E-state index is 0.222. The highest BCUT2D eigenvalue weighted by atomic mass is 32.3. The quantitative estimate of drug-likeness (QED) is 0.274. The lowest BCUT2D eigenvalue weighted by Gasteiger charge is -2.10. The van der Waals surface area contributed by atoms with Gasteiger partial charge in [0.05, 0.1) is 0 Å². The second-order valence-corrected chi connectivity index (χ2v) is 6.32. The van der Waals surface area contributed by atoms with Gasteiger partial charge in [0.25, 0.3) is 0 Å². The Kier molecular flexibility index (Phi) is 4.01. The molecule has 0 radical (unpaired) electrons. The van der Waals surface area contributed by atoms with E-state index in [0.29, 0.717) is 6.07 Å². The molecule has 0 aliphatic carbocycles. The molecular weight excluding hydrogens is 388 g/mol. The molecule has 12 heteroatoms. The lowest BCUT2D eigenvalue weighted by molar-refractivity contribution is 0.368. The Balaban J connectivity index is 2.32. The van der Waals surface area contributed by atoms with E-state index < -0.39 is 67.1 Å². The van der Waals surface area contributed by atoms with Gasteiger partial charge in [-0.1, -0.05) is 0 Å². The van der Waals surface area contributed by atoms with Crippen LogP contribution in [0.15, 0.2) is 33.5 Å². The van der Waals surface area contributed by atoms with Crippen molar-refractivity contribution in [2.24, 2.45) is 0 Å². The molecule has 0 spiro atoms. The first-order chi connectivity index (χ1) is 12.5. The van der Waals surface area contributed by atoms with Crippen molar-refractivity contribution < 1.29 is 47.1 Å². The fourth-order valence-corrected chi connectivity index (χ4v) is 2.70. The van der Waals surface area contributed by atoms with E-state index in [0.717, 1.165) is 18.2 Å². The lowest BCUT2D eigenvalue weighted by Crippen LogP contribution is -2.07. The molecule has 0 atom stereocenters. The van der Waals surface area contributed by atoms with Crippen LogP contribution in [0.2, 0.25) is 0 Å². The van der Waals surface area contributed by atoms with E-state index in [1.807, 2.05) is 0 Å². The number of phenols is 4. The molecule has 0 unspecified atom stereocenters. The summed E-state index contributed by atoms with van der Waals surface area (Å²) in [6.07, 6.45) is 0. The average molecular weight is 398 g/mol. The maximum Gasteiger partial charge on any atom is 0.446 e. The molecule has 27 heavy (non-hydrogen) atoms. The molecule has 0 saturated carbocycles.